The summed E-state index contributed by atoms with van der Waals surface area (Å²) in [5, 5.41) is 117. The lowest BCUT2D eigenvalue weighted by Crippen LogP contribution is -2.59. The van der Waals surface area contributed by atoms with E-state index in [1.54, 1.807) is 31.2 Å². The number of carboxylic acids is 1. The molecule has 0 aromatic rings. The summed E-state index contributed by atoms with van der Waals surface area (Å²) in [5.41, 5.74) is 5.93. The Bertz CT molecular complexity index is 1550. The van der Waals surface area contributed by atoms with E-state index in [0.717, 1.165) is 12.8 Å². The second-order valence-electron chi connectivity index (χ2n) is 17.0. The molecule has 2 fully saturated rings. The van der Waals surface area contributed by atoms with Crippen LogP contribution in [0.1, 0.15) is 84.5 Å². The summed E-state index contributed by atoms with van der Waals surface area (Å²) >= 11 is 0. The Morgan fingerprint density at radius 2 is 1.35 bits per heavy atom. The van der Waals surface area contributed by atoms with Crippen LogP contribution in [0.15, 0.2) is 72.9 Å². The summed E-state index contributed by atoms with van der Waals surface area (Å²) in [6.45, 7) is 3.21. The predicted molar refractivity (Wildman–Crippen MR) is 228 cm³/mol. The van der Waals surface area contributed by atoms with Crippen LogP contribution in [0.4, 0.5) is 0 Å². The van der Waals surface area contributed by atoms with Gasteiger partial charge in [0.1, 0.15) is 18.1 Å². The molecule has 0 saturated carbocycles. The topological polar surface area (TPSA) is 320 Å². The van der Waals surface area contributed by atoms with E-state index in [4.69, 9.17) is 24.7 Å². The highest BCUT2D eigenvalue weighted by Gasteiger charge is 2.50. The summed E-state index contributed by atoms with van der Waals surface area (Å²) in [6, 6.07) is -1.12. The number of carbonyl (C=O) groups excluding carboxylic acids is 1. The molecule has 13 N–H and O–H groups in total. The number of ether oxygens (including phenoxy) is 4. The maximum Gasteiger partial charge on any atom is 0.311 e. The number of rotatable bonds is 3. The van der Waals surface area contributed by atoms with Crippen LogP contribution in [0.5, 0.6) is 0 Å². The number of esters is 1. The van der Waals surface area contributed by atoms with Crippen molar-refractivity contribution in [3.8, 4) is 0 Å². The van der Waals surface area contributed by atoms with Crippen molar-refractivity contribution in [2.24, 2.45) is 17.6 Å². The Morgan fingerprint density at radius 3 is 2.03 bits per heavy atom. The van der Waals surface area contributed by atoms with Gasteiger partial charge in [-0.1, -0.05) is 79.8 Å². The van der Waals surface area contributed by atoms with Crippen molar-refractivity contribution in [1.29, 1.82) is 0 Å². The zero-order valence-corrected chi connectivity index (χ0v) is 36.1. The molecule has 7 unspecified atom stereocenters. The molecule has 3 aliphatic rings. The number of aliphatic hydroxyl groups excluding tert-OH is 9. The van der Waals surface area contributed by atoms with Crippen LogP contribution in [0.25, 0.3) is 0 Å². The van der Waals surface area contributed by atoms with Gasteiger partial charge in [-0.3, -0.25) is 9.59 Å². The second kappa shape index (κ2) is 27.3. The minimum atomic E-state index is -2.31. The molecule has 18 nitrogen and oxygen atoms in total. The van der Waals surface area contributed by atoms with Gasteiger partial charge in [-0.05, 0) is 39.0 Å². The quantitative estimate of drug-likeness (QED) is 0.170. The minimum Gasteiger partial charge on any atom is -0.481 e. The summed E-state index contributed by atoms with van der Waals surface area (Å²) in [6.07, 6.45) is 3.46. The van der Waals surface area contributed by atoms with Crippen molar-refractivity contribution in [3.63, 3.8) is 0 Å². The van der Waals surface area contributed by atoms with Gasteiger partial charge in [0.05, 0.1) is 80.1 Å². The molecule has 0 amide bonds. The molecule has 3 rings (SSSR count). The molecule has 0 spiro atoms. The molecule has 0 aromatic heterocycles. The number of allylic oxidation sites excluding steroid dienone is 10. The highest BCUT2D eigenvalue weighted by atomic mass is 16.7. The van der Waals surface area contributed by atoms with Gasteiger partial charge in [-0.25, -0.2) is 0 Å². The first-order valence-corrected chi connectivity index (χ1v) is 21.8. The lowest BCUT2D eigenvalue weighted by Gasteiger charge is -2.45. The van der Waals surface area contributed by atoms with E-state index in [-0.39, 0.29) is 44.6 Å². The highest BCUT2D eigenvalue weighted by molar-refractivity contribution is 5.71. The monoisotopic (exact) mass is 897 g/mol. The maximum absolute atomic E-state index is 12.5. The predicted octanol–water partition coefficient (Wildman–Crippen LogP) is 0.301. The number of aliphatic carboxylic acids is 1. The van der Waals surface area contributed by atoms with Gasteiger partial charge in [0.15, 0.2) is 12.1 Å². The Hall–Kier alpha value is -3.18. The Kier molecular flexibility index (Phi) is 23.5. The molecule has 0 aromatic carbocycles. The molecule has 2 saturated heterocycles. The van der Waals surface area contributed by atoms with Crippen LogP contribution in [0.2, 0.25) is 0 Å². The molecule has 0 aliphatic carbocycles. The molecule has 3 aliphatic heterocycles. The first-order valence-electron chi connectivity index (χ1n) is 21.8. The summed E-state index contributed by atoms with van der Waals surface area (Å²) < 4.78 is 22.7. The standard InChI is InChI=1S/C45H71NO17/c1-27-15-13-11-9-7-5-3-4-6-8-10-12-14-16-32(62-44-42(56)41(46)37(54)26-60-44)23-38-40(43(57)58)36(53)25-45(59,63-38)24-31(49)21-35(52)33(50)18-17-29(47)20-30(48)22-39(55)61-28(2)19-34(27)51/h3-4,6,8-16,27-38,40-42,44,47-54,56,59H,5,7,17-26,46H2,1-2H3,(H,57,58)/b4-3+,8-6+,11-9+,12-10+,15-13+,16-14+/t27-,28-,29?,30?,31?,32?,33?,34-,35+,36-,37+,38-,40+,41-,42-,44?,45?/m0/s1. The third kappa shape index (κ3) is 19.4. The summed E-state index contributed by atoms with van der Waals surface area (Å²) in [7, 11) is 0. The largest absolute Gasteiger partial charge is 0.481 e. The number of hydrogen-bond donors (Lipinski definition) is 12. The van der Waals surface area contributed by atoms with Gasteiger partial charge in [-0.15, -0.1) is 0 Å². The van der Waals surface area contributed by atoms with E-state index in [0.29, 0.717) is 0 Å². The average molecular weight is 898 g/mol. The molecular formula is C45H71NO17. The maximum atomic E-state index is 12.5. The van der Waals surface area contributed by atoms with E-state index >= 15 is 0 Å². The van der Waals surface area contributed by atoms with Crippen LogP contribution in [-0.4, -0.2) is 166 Å². The fourth-order valence-corrected chi connectivity index (χ4v) is 7.65. The summed E-state index contributed by atoms with van der Waals surface area (Å²) in [4.78, 5) is 24.9. The normalized spacial score (nSPS) is 43.9. The molecule has 18 heteroatoms. The molecule has 3 heterocycles. The third-order valence-electron chi connectivity index (χ3n) is 11.3. The van der Waals surface area contributed by atoms with Crippen molar-refractivity contribution < 1.29 is 84.7 Å². The number of fused-ring (bicyclic) bond motifs is 2. The highest BCUT2D eigenvalue weighted by Crippen LogP contribution is 2.38. The number of aliphatic hydroxyl groups is 10. The first kappa shape index (κ1) is 54.2. The fourth-order valence-electron chi connectivity index (χ4n) is 7.65. The van der Waals surface area contributed by atoms with E-state index < -0.39 is 135 Å². The Balaban J connectivity index is 1.81. The number of carboxylic acid groups (broad SMARTS) is 1. The van der Waals surface area contributed by atoms with Crippen molar-refractivity contribution >= 4 is 11.9 Å². The van der Waals surface area contributed by atoms with Crippen molar-refractivity contribution in [2.75, 3.05) is 6.61 Å². The Labute approximate surface area is 368 Å². The smallest absolute Gasteiger partial charge is 0.311 e. The lowest BCUT2D eigenvalue weighted by molar-refractivity contribution is -0.305. The van der Waals surface area contributed by atoms with Gasteiger partial charge in [-0.2, -0.15) is 0 Å². The van der Waals surface area contributed by atoms with Crippen LogP contribution in [0.3, 0.4) is 0 Å². The van der Waals surface area contributed by atoms with Gasteiger partial charge in [0, 0.05) is 38.0 Å². The molecular weight excluding hydrogens is 826 g/mol. The average Bonchev–Trinajstić information content (AvgIpc) is 3.18. The van der Waals surface area contributed by atoms with Gasteiger partial charge in [0.25, 0.3) is 0 Å². The SMILES string of the molecule is C[C@H]1C[C@H](O)[C@@H](C)/C=C/C=C/CC/C=C/C=C/C=C/C=C/C(OC2OC[C@@H](O)[C@H](N)[C@@H]2O)C[C@@H]2OC(O)(CC(O)C[C@@H](O)C(O)CCC(O)CC(O)CC(=O)O1)C[C@H](O)[C@H]2C(=O)O. The van der Waals surface area contributed by atoms with E-state index in [9.17, 15) is 65.8 Å². The van der Waals surface area contributed by atoms with Crippen molar-refractivity contribution in [2.45, 2.75) is 176 Å². The third-order valence-corrected chi connectivity index (χ3v) is 11.3. The number of carbonyl (C=O) groups is 2. The molecule has 2 bridgehead atoms. The summed E-state index contributed by atoms with van der Waals surface area (Å²) in [5.74, 6) is -6.29. The molecule has 0 radical (unpaired) electrons. The molecule has 63 heavy (non-hydrogen) atoms. The van der Waals surface area contributed by atoms with Crippen LogP contribution in [0, 0.1) is 11.8 Å². The number of nitrogens with two attached hydrogens (primary N) is 1. The lowest BCUT2D eigenvalue weighted by atomic mass is 9.82. The van der Waals surface area contributed by atoms with E-state index in [2.05, 4.69) is 0 Å². The fraction of sp³-hybridized carbons (Fsp3) is 0.689. The van der Waals surface area contributed by atoms with Crippen molar-refractivity contribution in [3.05, 3.63) is 72.9 Å². The van der Waals surface area contributed by atoms with E-state index in [1.165, 1.54) is 6.08 Å². The minimum absolute atomic E-state index is 0.0994. The van der Waals surface area contributed by atoms with Crippen molar-refractivity contribution in [1.82, 2.24) is 0 Å². The van der Waals surface area contributed by atoms with Gasteiger partial charge < -0.3 is 80.9 Å². The zero-order valence-electron chi connectivity index (χ0n) is 36.1. The van der Waals surface area contributed by atoms with Gasteiger partial charge >= 0.3 is 11.9 Å². The van der Waals surface area contributed by atoms with Gasteiger partial charge in [0.2, 0.25) is 0 Å². The molecule has 358 valence electrons. The number of hydrogen-bond acceptors (Lipinski definition) is 17. The Morgan fingerprint density at radius 1 is 0.714 bits per heavy atom. The van der Waals surface area contributed by atoms with Crippen LogP contribution < -0.4 is 5.73 Å². The zero-order chi connectivity index (χ0) is 46.7. The van der Waals surface area contributed by atoms with Crippen LogP contribution >= 0.6 is 0 Å². The van der Waals surface area contributed by atoms with E-state index in [1.807, 2.05) is 49.5 Å². The number of cyclic esters (lactones) is 1. The second-order valence-corrected chi connectivity index (χ2v) is 17.0. The first-order chi connectivity index (χ1) is 29.8. The van der Waals surface area contributed by atoms with Crippen LogP contribution in [-0.2, 0) is 28.5 Å². The molecule has 17 atom stereocenters.